The number of methoxy groups -OCH3 is 1. The summed E-state index contributed by atoms with van der Waals surface area (Å²) in [6.07, 6.45) is -6.19. The van der Waals surface area contributed by atoms with Crippen molar-refractivity contribution >= 4 is 11.8 Å². The molecule has 7 nitrogen and oxygen atoms in total. The zero-order valence-electron chi connectivity index (χ0n) is 17.0. The van der Waals surface area contributed by atoms with Crippen LogP contribution in [0.15, 0.2) is 29.5 Å². The predicted molar refractivity (Wildman–Crippen MR) is 103 cm³/mol. The van der Waals surface area contributed by atoms with Crippen molar-refractivity contribution in [2.75, 3.05) is 13.8 Å². The number of benzene rings is 1. The first-order valence-corrected chi connectivity index (χ1v) is 9.32. The number of alkyl halides is 4. The molecule has 0 radical (unpaired) electrons. The first-order chi connectivity index (χ1) is 15.0. The van der Waals surface area contributed by atoms with Crippen LogP contribution in [0, 0.1) is 12.7 Å². The maximum Gasteiger partial charge on any atom is 0.425 e. The van der Waals surface area contributed by atoms with Gasteiger partial charge in [0.1, 0.15) is 23.7 Å². The highest BCUT2D eigenvalue weighted by Gasteiger charge is 2.52. The van der Waals surface area contributed by atoms with Crippen molar-refractivity contribution in [2.45, 2.75) is 37.6 Å². The summed E-state index contributed by atoms with van der Waals surface area (Å²) in [6, 6.07) is 1.56. The number of aromatic nitrogens is 2. The third-order valence-corrected chi connectivity index (χ3v) is 5.00. The van der Waals surface area contributed by atoms with Gasteiger partial charge in [-0.3, -0.25) is 4.79 Å². The minimum Gasteiger partial charge on any atom is -0.480 e. The molecule has 32 heavy (non-hydrogen) atoms. The van der Waals surface area contributed by atoms with Gasteiger partial charge >= 0.3 is 6.18 Å². The van der Waals surface area contributed by atoms with Gasteiger partial charge in [-0.2, -0.15) is 13.2 Å². The van der Waals surface area contributed by atoms with Crippen molar-refractivity contribution in [3.63, 3.8) is 0 Å². The maximum absolute atomic E-state index is 15.0. The summed E-state index contributed by atoms with van der Waals surface area (Å²) in [5.41, 5.74) is 2.92. The normalized spacial score (nSPS) is 21.0. The molecule has 0 saturated carbocycles. The van der Waals surface area contributed by atoms with Crippen LogP contribution in [-0.4, -0.2) is 47.8 Å². The van der Waals surface area contributed by atoms with Crippen LogP contribution in [0.3, 0.4) is 0 Å². The molecule has 0 bridgehead atoms. The monoisotopic (exact) mass is 458 g/mol. The second-order valence-corrected chi connectivity index (χ2v) is 7.29. The minimum absolute atomic E-state index is 0.0000000390. The molecule has 12 heteroatoms. The smallest absolute Gasteiger partial charge is 0.425 e. The van der Waals surface area contributed by atoms with E-state index in [9.17, 15) is 26.7 Å². The SMILES string of the molecule is COc1cnc(C(=O)Cc2cc(C)c(F)c([C@]3(CF)C[C@@H](C(F)(F)F)OC(N)=N3)c2)cn1. The quantitative estimate of drug-likeness (QED) is 0.527. The van der Waals surface area contributed by atoms with E-state index in [0.29, 0.717) is 0 Å². The van der Waals surface area contributed by atoms with Crippen molar-refractivity contribution in [3.8, 4) is 5.88 Å². The standard InChI is InChI=1S/C20H19F5N4O3/c1-10-3-11(5-14(30)13-7-28-16(31-2)8-27-13)4-12(17(10)22)19(9-21)6-15(20(23,24)25)32-18(26)29-19/h3-4,7-8,15H,5-6,9H2,1-2H3,(H2,26,29)/t15-,19+/m0/s1. The number of nitrogens with zero attached hydrogens (tertiary/aromatic N) is 3. The lowest BCUT2D eigenvalue weighted by Gasteiger charge is -2.37. The molecule has 0 aliphatic carbocycles. The number of carbonyl (C=O) groups excluding carboxylic acids is 1. The summed E-state index contributed by atoms with van der Waals surface area (Å²) in [6.45, 7) is -0.110. The van der Waals surface area contributed by atoms with Gasteiger partial charge in [-0.05, 0) is 24.1 Å². The first-order valence-electron chi connectivity index (χ1n) is 9.32. The molecule has 3 rings (SSSR count). The van der Waals surface area contributed by atoms with Gasteiger partial charge in [-0.1, -0.05) is 6.07 Å². The number of amidine groups is 1. The molecule has 0 saturated heterocycles. The Hall–Kier alpha value is -3.31. The van der Waals surface area contributed by atoms with Gasteiger partial charge in [0.15, 0.2) is 11.9 Å². The predicted octanol–water partition coefficient (Wildman–Crippen LogP) is 3.19. The fourth-order valence-electron chi connectivity index (χ4n) is 3.41. The van der Waals surface area contributed by atoms with E-state index in [1.807, 2.05) is 0 Å². The molecule has 0 unspecified atom stereocenters. The highest BCUT2D eigenvalue weighted by Crippen LogP contribution is 2.42. The van der Waals surface area contributed by atoms with Crippen LogP contribution in [0.2, 0.25) is 0 Å². The van der Waals surface area contributed by atoms with E-state index >= 15 is 0 Å². The molecule has 0 amide bonds. The van der Waals surface area contributed by atoms with Crippen molar-refractivity contribution in [3.05, 3.63) is 52.7 Å². The van der Waals surface area contributed by atoms with Gasteiger partial charge in [0.25, 0.3) is 6.02 Å². The van der Waals surface area contributed by atoms with Crippen molar-refractivity contribution in [2.24, 2.45) is 10.7 Å². The number of carbonyl (C=O) groups is 1. The molecule has 172 valence electrons. The lowest BCUT2D eigenvalue weighted by molar-refractivity contribution is -0.209. The molecular formula is C20H19F5N4O3. The highest BCUT2D eigenvalue weighted by molar-refractivity contribution is 5.95. The van der Waals surface area contributed by atoms with E-state index in [4.69, 9.17) is 10.5 Å². The number of nitrogens with two attached hydrogens (primary N) is 1. The van der Waals surface area contributed by atoms with E-state index < -0.39 is 54.1 Å². The van der Waals surface area contributed by atoms with Crippen molar-refractivity contribution in [1.82, 2.24) is 9.97 Å². The van der Waals surface area contributed by atoms with Crippen LogP contribution in [-0.2, 0) is 16.7 Å². The minimum atomic E-state index is -4.87. The summed E-state index contributed by atoms with van der Waals surface area (Å²) in [5.74, 6) is -1.24. The zero-order chi connectivity index (χ0) is 23.7. The van der Waals surface area contributed by atoms with Gasteiger partial charge in [-0.25, -0.2) is 23.7 Å². The average Bonchev–Trinajstić information content (AvgIpc) is 2.75. The van der Waals surface area contributed by atoms with Crippen LogP contribution >= 0.6 is 0 Å². The summed E-state index contributed by atoms with van der Waals surface area (Å²) < 4.78 is 78.3. The fourth-order valence-corrected chi connectivity index (χ4v) is 3.41. The van der Waals surface area contributed by atoms with E-state index in [1.54, 1.807) is 0 Å². The summed E-state index contributed by atoms with van der Waals surface area (Å²) in [5, 5.41) is 0. The van der Waals surface area contributed by atoms with Gasteiger partial charge in [0.2, 0.25) is 5.88 Å². The average molecular weight is 458 g/mol. The largest absolute Gasteiger partial charge is 0.480 e. The number of hydrogen-bond acceptors (Lipinski definition) is 7. The van der Waals surface area contributed by atoms with Gasteiger partial charge in [0.05, 0.1) is 19.5 Å². The number of ether oxygens (including phenoxy) is 2. The zero-order valence-corrected chi connectivity index (χ0v) is 17.0. The number of aryl methyl sites for hydroxylation is 1. The van der Waals surface area contributed by atoms with Crippen LogP contribution < -0.4 is 10.5 Å². The number of rotatable bonds is 6. The molecule has 1 aromatic carbocycles. The molecule has 2 atom stereocenters. The topological polar surface area (TPSA) is 99.7 Å². The van der Waals surface area contributed by atoms with Gasteiger partial charge in [0, 0.05) is 18.4 Å². The van der Waals surface area contributed by atoms with E-state index in [-0.39, 0.29) is 29.1 Å². The van der Waals surface area contributed by atoms with Crippen molar-refractivity contribution < 1.29 is 36.2 Å². The number of Topliss-reactive ketones (excluding diaryl/α,β-unsaturated/α-hetero) is 1. The number of ketones is 1. The number of hydrogen-bond donors (Lipinski definition) is 1. The lowest BCUT2D eigenvalue weighted by Crippen LogP contribution is -2.48. The Morgan fingerprint density at radius 2 is 2.03 bits per heavy atom. The molecule has 1 aliphatic rings. The van der Waals surface area contributed by atoms with Crippen LogP contribution in [0.1, 0.15) is 33.6 Å². The second-order valence-electron chi connectivity index (χ2n) is 7.29. The van der Waals surface area contributed by atoms with Gasteiger partial charge < -0.3 is 15.2 Å². The molecule has 1 aromatic heterocycles. The Labute approximate surface area is 179 Å². The molecule has 0 fully saturated rings. The Kier molecular flexibility index (Phi) is 6.33. The first kappa shape index (κ1) is 23.4. The van der Waals surface area contributed by atoms with Gasteiger partial charge in [-0.15, -0.1) is 0 Å². The Morgan fingerprint density at radius 1 is 1.31 bits per heavy atom. The van der Waals surface area contributed by atoms with Crippen LogP contribution in [0.5, 0.6) is 5.88 Å². The van der Waals surface area contributed by atoms with E-state index in [1.165, 1.54) is 32.5 Å². The number of halogens is 5. The molecule has 2 N–H and O–H groups in total. The Balaban J connectivity index is 1.99. The summed E-state index contributed by atoms with van der Waals surface area (Å²) in [7, 11) is 1.38. The number of aliphatic imine (C=N–C) groups is 1. The molecular weight excluding hydrogens is 439 g/mol. The summed E-state index contributed by atoms with van der Waals surface area (Å²) in [4.78, 5) is 24.1. The summed E-state index contributed by atoms with van der Waals surface area (Å²) >= 11 is 0. The van der Waals surface area contributed by atoms with Crippen molar-refractivity contribution in [1.29, 1.82) is 0 Å². The third kappa shape index (κ3) is 4.63. The highest BCUT2D eigenvalue weighted by atomic mass is 19.4. The van der Waals surface area contributed by atoms with Crippen LogP contribution in [0.4, 0.5) is 22.0 Å². The van der Waals surface area contributed by atoms with E-state index in [0.717, 1.165) is 6.07 Å². The molecule has 0 spiro atoms. The lowest BCUT2D eigenvalue weighted by atomic mass is 9.82. The fraction of sp³-hybridized carbons (Fsp3) is 0.400. The van der Waals surface area contributed by atoms with E-state index in [2.05, 4.69) is 19.7 Å². The second kappa shape index (κ2) is 8.67. The molecule has 1 aliphatic heterocycles. The Morgan fingerprint density at radius 3 is 2.59 bits per heavy atom. The maximum atomic E-state index is 15.0. The third-order valence-electron chi connectivity index (χ3n) is 5.00. The Bertz CT molecular complexity index is 1040. The van der Waals surface area contributed by atoms with Crippen LogP contribution in [0.25, 0.3) is 0 Å². The molecule has 2 heterocycles. The molecule has 2 aromatic rings.